The molecule has 0 spiro atoms. The van der Waals surface area contributed by atoms with E-state index in [1.165, 1.54) is 7.11 Å². The topological polar surface area (TPSA) is 45.9 Å². The van der Waals surface area contributed by atoms with Crippen LogP contribution in [0.1, 0.15) is 11.3 Å². The van der Waals surface area contributed by atoms with Crippen molar-refractivity contribution in [3.63, 3.8) is 0 Å². The van der Waals surface area contributed by atoms with Crippen LogP contribution in [0, 0.1) is 18.3 Å². The Balaban J connectivity index is 3.34. The van der Waals surface area contributed by atoms with Crippen LogP contribution in [0.2, 0.25) is 5.15 Å². The van der Waals surface area contributed by atoms with E-state index in [1.54, 1.807) is 13.0 Å². The van der Waals surface area contributed by atoms with Gasteiger partial charge in [0.15, 0.2) is 0 Å². The van der Waals surface area contributed by atoms with E-state index < -0.39 is 0 Å². The molecule has 0 aliphatic heterocycles. The van der Waals surface area contributed by atoms with Crippen LogP contribution in [0.4, 0.5) is 0 Å². The molecule has 0 radical (unpaired) electrons. The summed E-state index contributed by atoms with van der Waals surface area (Å²) >= 11 is 5.64. The van der Waals surface area contributed by atoms with Crippen molar-refractivity contribution >= 4 is 11.6 Å². The van der Waals surface area contributed by atoms with Gasteiger partial charge in [-0.1, -0.05) is 11.6 Å². The Labute approximate surface area is 75.6 Å². The van der Waals surface area contributed by atoms with Crippen molar-refractivity contribution in [1.29, 1.82) is 5.26 Å². The smallest absolute Gasteiger partial charge is 0.148 e. The molecule has 0 aliphatic carbocycles. The van der Waals surface area contributed by atoms with Gasteiger partial charge in [0.2, 0.25) is 0 Å². The second-order valence-electron chi connectivity index (χ2n) is 2.23. The Hall–Kier alpha value is -1.27. The van der Waals surface area contributed by atoms with Crippen LogP contribution in [-0.4, -0.2) is 12.1 Å². The van der Waals surface area contributed by atoms with Crippen LogP contribution in [0.25, 0.3) is 0 Å². The number of hydrogen-bond donors (Lipinski definition) is 0. The maximum absolute atomic E-state index is 8.64. The third-order valence-corrected chi connectivity index (χ3v) is 1.71. The van der Waals surface area contributed by atoms with E-state index in [2.05, 4.69) is 4.98 Å². The van der Waals surface area contributed by atoms with Crippen LogP contribution >= 0.6 is 11.6 Å². The molecule has 0 saturated heterocycles. The molecule has 0 aromatic carbocycles. The Kier molecular flexibility index (Phi) is 2.51. The summed E-state index contributed by atoms with van der Waals surface area (Å²) < 4.78 is 4.99. The molecule has 1 aromatic rings. The molecule has 0 unspecified atom stereocenters. The normalized spacial score (nSPS) is 9.17. The molecule has 0 fully saturated rings. The van der Waals surface area contributed by atoms with Gasteiger partial charge >= 0.3 is 0 Å². The number of methoxy groups -OCH3 is 1. The average molecular weight is 183 g/mol. The highest BCUT2D eigenvalue weighted by atomic mass is 35.5. The quantitative estimate of drug-likeness (QED) is 0.624. The third-order valence-electron chi connectivity index (χ3n) is 1.52. The minimum absolute atomic E-state index is 0.272. The summed E-state index contributed by atoms with van der Waals surface area (Å²) in [5, 5.41) is 8.91. The van der Waals surface area contributed by atoms with Gasteiger partial charge in [-0.3, -0.25) is 0 Å². The maximum Gasteiger partial charge on any atom is 0.148 e. The van der Waals surface area contributed by atoms with Crippen LogP contribution in [0.15, 0.2) is 6.07 Å². The summed E-state index contributed by atoms with van der Waals surface area (Å²) in [4.78, 5) is 3.82. The highest BCUT2D eigenvalue weighted by Gasteiger charge is 2.07. The van der Waals surface area contributed by atoms with Crippen molar-refractivity contribution in [3.8, 4) is 11.8 Å². The van der Waals surface area contributed by atoms with Gasteiger partial charge in [-0.05, 0) is 6.92 Å². The van der Waals surface area contributed by atoms with Crippen LogP contribution in [0.5, 0.6) is 5.75 Å². The molecular weight excluding hydrogens is 176 g/mol. The van der Waals surface area contributed by atoms with E-state index in [9.17, 15) is 0 Å². The molecule has 1 aromatic heterocycles. The first-order chi connectivity index (χ1) is 5.69. The summed E-state index contributed by atoms with van der Waals surface area (Å²) in [6, 6.07) is 3.52. The lowest BCUT2D eigenvalue weighted by Gasteiger charge is -2.04. The SMILES string of the molecule is COc1cc(Cl)nc(C#N)c1C. The second-order valence-corrected chi connectivity index (χ2v) is 2.62. The number of pyridine rings is 1. The lowest BCUT2D eigenvalue weighted by molar-refractivity contribution is 0.411. The van der Waals surface area contributed by atoms with E-state index in [0.29, 0.717) is 17.0 Å². The fourth-order valence-electron chi connectivity index (χ4n) is 0.877. The van der Waals surface area contributed by atoms with Gasteiger partial charge in [-0.15, -0.1) is 0 Å². The molecule has 0 amide bonds. The highest BCUT2D eigenvalue weighted by molar-refractivity contribution is 6.29. The molecule has 1 heterocycles. The largest absolute Gasteiger partial charge is 0.496 e. The number of aromatic nitrogens is 1. The van der Waals surface area contributed by atoms with Crippen molar-refractivity contribution < 1.29 is 4.74 Å². The molecule has 0 atom stereocenters. The minimum atomic E-state index is 0.272. The van der Waals surface area contributed by atoms with Crippen LogP contribution in [-0.2, 0) is 0 Å². The number of ether oxygens (including phenoxy) is 1. The van der Waals surface area contributed by atoms with Gasteiger partial charge in [-0.2, -0.15) is 5.26 Å². The average Bonchev–Trinajstić information content (AvgIpc) is 2.08. The molecule has 0 aliphatic rings. The lowest BCUT2D eigenvalue weighted by atomic mass is 10.2. The number of hydrogen-bond acceptors (Lipinski definition) is 3. The zero-order chi connectivity index (χ0) is 9.14. The molecule has 0 N–H and O–H groups in total. The van der Waals surface area contributed by atoms with Gasteiger partial charge in [0.1, 0.15) is 22.7 Å². The van der Waals surface area contributed by atoms with Crippen LogP contribution in [0.3, 0.4) is 0 Å². The third kappa shape index (κ3) is 1.49. The molecule has 4 heteroatoms. The van der Waals surface area contributed by atoms with E-state index in [0.717, 1.165) is 0 Å². The summed E-state index contributed by atoms with van der Waals surface area (Å²) in [7, 11) is 1.53. The maximum atomic E-state index is 8.64. The molecule has 62 valence electrons. The predicted octanol–water partition coefficient (Wildman–Crippen LogP) is 1.92. The van der Waals surface area contributed by atoms with Crippen molar-refractivity contribution in [2.45, 2.75) is 6.92 Å². The number of nitrogens with zero attached hydrogens (tertiary/aromatic N) is 2. The van der Waals surface area contributed by atoms with Gasteiger partial charge < -0.3 is 4.74 Å². The molecule has 0 saturated carbocycles. The summed E-state index contributed by atoms with van der Waals surface area (Å²) in [6.07, 6.45) is 0. The Morgan fingerprint density at radius 3 is 2.83 bits per heavy atom. The first kappa shape index (κ1) is 8.82. The summed E-state index contributed by atoms with van der Waals surface area (Å²) in [6.45, 7) is 1.76. The lowest BCUT2D eigenvalue weighted by Crippen LogP contribution is -1.94. The monoisotopic (exact) mass is 182 g/mol. The predicted molar refractivity (Wildman–Crippen MR) is 45.3 cm³/mol. The Morgan fingerprint density at radius 2 is 2.33 bits per heavy atom. The summed E-state index contributed by atoms with van der Waals surface area (Å²) in [5.74, 6) is 0.589. The number of nitriles is 1. The van der Waals surface area contributed by atoms with E-state index >= 15 is 0 Å². The van der Waals surface area contributed by atoms with E-state index in [1.807, 2.05) is 6.07 Å². The molecule has 0 bridgehead atoms. The Bertz CT molecular complexity index is 344. The highest BCUT2D eigenvalue weighted by Crippen LogP contribution is 2.22. The van der Waals surface area contributed by atoms with Crippen LogP contribution < -0.4 is 4.74 Å². The molecule has 1 rings (SSSR count). The van der Waals surface area contributed by atoms with Crippen molar-refractivity contribution in [1.82, 2.24) is 4.98 Å². The zero-order valence-electron chi connectivity index (χ0n) is 6.76. The van der Waals surface area contributed by atoms with Crippen molar-refractivity contribution in [3.05, 3.63) is 22.5 Å². The first-order valence-electron chi connectivity index (χ1n) is 3.30. The standard InChI is InChI=1S/C8H7ClN2O/c1-5-6(4-10)11-8(9)3-7(5)12-2/h3H,1-2H3. The van der Waals surface area contributed by atoms with Gasteiger partial charge in [0.05, 0.1) is 7.11 Å². The van der Waals surface area contributed by atoms with Gasteiger partial charge in [-0.25, -0.2) is 4.98 Å². The van der Waals surface area contributed by atoms with Crippen molar-refractivity contribution in [2.24, 2.45) is 0 Å². The van der Waals surface area contributed by atoms with Gasteiger partial charge in [0, 0.05) is 11.6 Å². The fraction of sp³-hybridized carbons (Fsp3) is 0.250. The second kappa shape index (κ2) is 3.42. The van der Waals surface area contributed by atoms with E-state index in [4.69, 9.17) is 21.6 Å². The molecular formula is C8H7ClN2O. The molecule has 12 heavy (non-hydrogen) atoms. The van der Waals surface area contributed by atoms with Gasteiger partial charge in [0.25, 0.3) is 0 Å². The zero-order valence-corrected chi connectivity index (χ0v) is 7.51. The number of halogens is 1. The Morgan fingerprint density at radius 1 is 1.67 bits per heavy atom. The fourth-order valence-corrected chi connectivity index (χ4v) is 1.06. The molecule has 3 nitrogen and oxygen atoms in total. The summed E-state index contributed by atoms with van der Waals surface area (Å²) in [5.41, 5.74) is 1.02. The minimum Gasteiger partial charge on any atom is -0.496 e. The van der Waals surface area contributed by atoms with E-state index in [-0.39, 0.29) is 5.15 Å². The van der Waals surface area contributed by atoms with Crippen molar-refractivity contribution in [2.75, 3.05) is 7.11 Å². The number of rotatable bonds is 1. The first-order valence-corrected chi connectivity index (χ1v) is 3.68.